The number of carbonyl (C=O) groups excluding carboxylic acids is 1. The third-order valence-electron chi connectivity index (χ3n) is 14.0. The number of fused-ring (bicyclic) bond motifs is 3. The van der Waals surface area contributed by atoms with Crippen LogP contribution in [0.5, 0.6) is 11.5 Å². The Bertz CT molecular complexity index is 2790. The number of oxazole rings is 1. The molecule has 0 radical (unpaired) electrons. The van der Waals surface area contributed by atoms with Gasteiger partial charge in [0, 0.05) is 41.2 Å². The van der Waals surface area contributed by atoms with Gasteiger partial charge in [0.15, 0.2) is 23.2 Å². The second-order valence-electron chi connectivity index (χ2n) is 18.1. The molecule has 2 saturated carbocycles. The number of piperidine rings is 1. The molecule has 3 fully saturated rings. The van der Waals surface area contributed by atoms with Crippen LogP contribution in [-0.2, 0) is 12.8 Å². The van der Waals surface area contributed by atoms with Gasteiger partial charge >= 0.3 is 0 Å². The fourth-order valence-electron chi connectivity index (χ4n) is 10.4. The van der Waals surface area contributed by atoms with Crippen molar-refractivity contribution < 1.29 is 23.1 Å². The van der Waals surface area contributed by atoms with Crippen LogP contribution < -0.4 is 19.7 Å². The number of halogens is 1. The topological polar surface area (TPSA) is 169 Å². The molecule has 4 aromatic heterocycles. The maximum atomic E-state index is 16.5. The number of ether oxygens (including phenoxy) is 2. The smallest absolute Gasteiger partial charge is 0.272 e. The molecule has 16 heteroatoms. The highest BCUT2D eigenvalue weighted by Gasteiger charge is 2.46. The summed E-state index contributed by atoms with van der Waals surface area (Å²) in [5.41, 5.74) is 5.16. The van der Waals surface area contributed by atoms with E-state index in [1.54, 1.807) is 54.1 Å². The molecular formula is C49H51FN10O4S. The first-order valence-electron chi connectivity index (χ1n) is 22.5. The molecule has 6 heterocycles. The zero-order valence-corrected chi connectivity index (χ0v) is 37.8. The number of nitriles is 1. The van der Waals surface area contributed by atoms with E-state index in [2.05, 4.69) is 66.1 Å². The molecule has 2 aliphatic carbocycles. The monoisotopic (exact) mass is 894 g/mol. The van der Waals surface area contributed by atoms with Gasteiger partial charge in [0.05, 0.1) is 37.1 Å². The van der Waals surface area contributed by atoms with Gasteiger partial charge in [-0.1, -0.05) is 6.07 Å². The minimum absolute atomic E-state index is 0.0252. The Morgan fingerprint density at radius 2 is 1.82 bits per heavy atom. The van der Waals surface area contributed by atoms with E-state index in [9.17, 15) is 10.1 Å². The van der Waals surface area contributed by atoms with Crippen molar-refractivity contribution in [2.45, 2.75) is 103 Å². The number of thiophene rings is 1. The lowest BCUT2D eigenvalue weighted by Gasteiger charge is -2.52. The van der Waals surface area contributed by atoms with Gasteiger partial charge in [-0.2, -0.15) is 5.26 Å². The number of hydrogen-bond donors (Lipinski definition) is 1. The summed E-state index contributed by atoms with van der Waals surface area (Å²) in [6, 6.07) is 16.3. The lowest BCUT2D eigenvalue weighted by Crippen LogP contribution is -2.47. The Balaban J connectivity index is 0.720. The van der Waals surface area contributed by atoms with Crippen molar-refractivity contribution in [3.63, 3.8) is 0 Å². The summed E-state index contributed by atoms with van der Waals surface area (Å²) in [6.07, 6.45) is 12.0. The summed E-state index contributed by atoms with van der Waals surface area (Å²) in [7, 11) is 1.54. The van der Waals surface area contributed by atoms with Gasteiger partial charge < -0.3 is 24.1 Å². The first-order valence-corrected chi connectivity index (χ1v) is 23.3. The molecule has 10 rings (SSSR count). The molecule has 1 spiro atoms. The van der Waals surface area contributed by atoms with Gasteiger partial charge in [-0.15, -0.1) is 31.7 Å². The van der Waals surface area contributed by atoms with Crippen molar-refractivity contribution in [3.05, 3.63) is 123 Å². The van der Waals surface area contributed by atoms with Crippen LogP contribution in [-0.4, -0.2) is 73.9 Å². The number of nitrogens with one attached hydrogen (secondary N) is 1. The van der Waals surface area contributed by atoms with E-state index in [1.165, 1.54) is 7.11 Å². The summed E-state index contributed by atoms with van der Waals surface area (Å²) in [5, 5.41) is 31.1. The maximum absolute atomic E-state index is 16.5. The normalized spacial score (nSPS) is 20.2. The first-order chi connectivity index (χ1) is 31.6. The number of amides is 1. The number of aryl methyl sites for hydroxylation is 2. The molecule has 1 saturated heterocycles. The van der Waals surface area contributed by atoms with Crippen molar-refractivity contribution in [3.8, 4) is 22.6 Å². The number of rotatable bonds is 11. The van der Waals surface area contributed by atoms with E-state index in [1.807, 2.05) is 19.1 Å². The quantitative estimate of drug-likeness (QED) is 0.132. The van der Waals surface area contributed by atoms with Gasteiger partial charge in [0.2, 0.25) is 0 Å². The Labute approximate surface area is 380 Å². The highest BCUT2D eigenvalue weighted by molar-refractivity contribution is 7.15. The average molecular weight is 895 g/mol. The minimum atomic E-state index is -0.461. The summed E-state index contributed by atoms with van der Waals surface area (Å²) in [6.45, 7) is 7.86. The van der Waals surface area contributed by atoms with E-state index in [0.717, 1.165) is 109 Å². The largest absolute Gasteiger partial charge is 0.495 e. The molecule has 0 bridgehead atoms. The molecular weight excluding hydrogens is 844 g/mol. The van der Waals surface area contributed by atoms with E-state index in [-0.39, 0.29) is 23.9 Å². The average Bonchev–Trinajstić information content (AvgIpc) is 4.02. The zero-order valence-electron chi connectivity index (χ0n) is 37.0. The first kappa shape index (κ1) is 42.5. The Morgan fingerprint density at radius 1 is 1.00 bits per heavy atom. The lowest BCUT2D eigenvalue weighted by atomic mass is 9.56. The molecule has 1 atom stereocenters. The lowest BCUT2D eigenvalue weighted by molar-refractivity contribution is 0.0281. The summed E-state index contributed by atoms with van der Waals surface area (Å²) in [5.74, 6) is 3.94. The van der Waals surface area contributed by atoms with Crippen LogP contribution in [0.2, 0.25) is 0 Å². The van der Waals surface area contributed by atoms with Crippen LogP contribution in [0.4, 0.5) is 10.2 Å². The third-order valence-corrected chi connectivity index (χ3v) is 15.2. The van der Waals surface area contributed by atoms with E-state index >= 15 is 4.39 Å². The van der Waals surface area contributed by atoms with Crippen LogP contribution in [0.25, 0.3) is 5.00 Å². The van der Waals surface area contributed by atoms with Gasteiger partial charge in [-0.05, 0) is 137 Å². The summed E-state index contributed by atoms with van der Waals surface area (Å²) >= 11 is 1.65. The van der Waals surface area contributed by atoms with Gasteiger partial charge in [-0.25, -0.2) is 9.37 Å². The molecule has 334 valence electrons. The predicted molar refractivity (Wildman–Crippen MR) is 243 cm³/mol. The molecule has 14 nitrogen and oxygen atoms in total. The predicted octanol–water partition coefficient (Wildman–Crippen LogP) is 8.55. The van der Waals surface area contributed by atoms with Crippen molar-refractivity contribution in [2.24, 2.45) is 16.3 Å². The van der Waals surface area contributed by atoms with Crippen LogP contribution in [0.3, 0.4) is 0 Å². The number of carbonyl (C=O) groups is 1. The highest BCUT2D eigenvalue weighted by atomic mass is 32.1. The summed E-state index contributed by atoms with van der Waals surface area (Å²) in [4.78, 5) is 26.1. The Kier molecular flexibility index (Phi) is 11.4. The van der Waals surface area contributed by atoms with E-state index < -0.39 is 6.04 Å². The highest BCUT2D eigenvalue weighted by Crippen LogP contribution is 2.54. The van der Waals surface area contributed by atoms with Crippen molar-refractivity contribution in [1.29, 1.82) is 5.26 Å². The molecule has 1 N–H and O–H groups in total. The molecule has 6 aromatic rings. The van der Waals surface area contributed by atoms with Gasteiger partial charge in [0.1, 0.15) is 46.5 Å². The van der Waals surface area contributed by atoms with Crippen molar-refractivity contribution >= 4 is 28.8 Å². The number of anilines is 1. The number of aromatic nitrogens is 6. The SMILES string of the molecule is COc1cc(OC2CCC(NC(=O)c3ccc(N4CCC5(CC4)CC(Cc4ccc(C6=N[C@@H](Cc7ncco7)c7nnc(C)n7-c7sc(C)c(C)c76)c(F)c4)C5)nn3)CC2)ccc1C#N. The van der Waals surface area contributed by atoms with Gasteiger partial charge in [0.25, 0.3) is 5.91 Å². The van der Waals surface area contributed by atoms with Crippen molar-refractivity contribution in [1.82, 2.24) is 35.3 Å². The molecule has 2 aliphatic heterocycles. The van der Waals surface area contributed by atoms with Gasteiger partial charge in [-0.3, -0.25) is 14.4 Å². The Hall–Kier alpha value is -6.47. The standard InChI is InChI=1S/C49H51FN10O4S/c1-28-29(2)65-48-44(28)45(54-40(24-43-52-17-20-63-43)46-58-55-30(3)60(46)48)37-12-5-31(22-38(37)50)21-32-25-49(26-32)15-18-59(19-16-49)42-14-13-39(56-57-42)47(61)53-34-7-10-35(11-8-34)64-36-9-6-33(27-51)41(23-36)62-4/h5-6,9,12-14,17,20,22-23,32,34-35,40H,7-8,10-11,15-16,18-19,21,24-26H2,1-4H3,(H,53,61)/t34?,35?,40-/m0/s1. The van der Waals surface area contributed by atoms with E-state index in [0.29, 0.717) is 63.5 Å². The zero-order chi connectivity index (χ0) is 44.8. The Morgan fingerprint density at radius 3 is 2.52 bits per heavy atom. The van der Waals surface area contributed by atoms with E-state index in [4.69, 9.17) is 18.9 Å². The number of aliphatic imine (C=N–C) groups is 1. The van der Waals surface area contributed by atoms with Crippen molar-refractivity contribution in [2.75, 3.05) is 25.1 Å². The third kappa shape index (κ3) is 8.38. The summed E-state index contributed by atoms with van der Waals surface area (Å²) < 4.78 is 35.6. The second-order valence-corrected chi connectivity index (χ2v) is 19.3. The molecule has 2 aromatic carbocycles. The molecule has 1 amide bonds. The minimum Gasteiger partial charge on any atom is -0.495 e. The molecule has 4 aliphatic rings. The number of methoxy groups -OCH3 is 1. The van der Waals surface area contributed by atoms with Crippen LogP contribution in [0, 0.1) is 49.3 Å². The number of nitrogens with zero attached hydrogens (tertiary/aromatic N) is 9. The number of hydrogen-bond acceptors (Lipinski definition) is 13. The van der Waals surface area contributed by atoms with Crippen LogP contribution in [0.1, 0.15) is 118 Å². The fraction of sp³-hybridized carbons (Fsp3) is 0.429. The maximum Gasteiger partial charge on any atom is 0.272 e. The fourth-order valence-corrected chi connectivity index (χ4v) is 11.6. The van der Waals surface area contributed by atoms with Crippen LogP contribution in [0.15, 0.2) is 70.4 Å². The number of benzene rings is 2. The second kappa shape index (κ2) is 17.5. The van der Waals surface area contributed by atoms with Crippen LogP contribution >= 0.6 is 11.3 Å². The molecule has 0 unspecified atom stereocenters. The molecule has 65 heavy (non-hydrogen) atoms.